The summed E-state index contributed by atoms with van der Waals surface area (Å²) in [6, 6.07) is 2.86. The van der Waals surface area contributed by atoms with Gasteiger partial charge in [0.2, 0.25) is 15.9 Å². The van der Waals surface area contributed by atoms with E-state index in [0.29, 0.717) is 11.3 Å². The number of carbonyl (C=O) groups is 1. The number of benzene rings is 1. The lowest BCUT2D eigenvalue weighted by Gasteiger charge is -2.26. The second kappa shape index (κ2) is 7.16. The van der Waals surface area contributed by atoms with Gasteiger partial charge in [-0.1, -0.05) is 0 Å². The van der Waals surface area contributed by atoms with Gasteiger partial charge in [0, 0.05) is 13.2 Å². The van der Waals surface area contributed by atoms with Crippen LogP contribution in [0.25, 0.3) is 0 Å². The van der Waals surface area contributed by atoms with E-state index in [0.717, 1.165) is 0 Å². The predicted molar refractivity (Wildman–Crippen MR) is 84.1 cm³/mol. The highest BCUT2D eigenvalue weighted by molar-refractivity contribution is 7.89. The first-order valence-corrected chi connectivity index (χ1v) is 8.15. The van der Waals surface area contributed by atoms with Gasteiger partial charge in [-0.15, -0.1) is 0 Å². The molecule has 0 unspecified atom stereocenters. The Labute approximate surface area is 136 Å². The minimum absolute atomic E-state index is 0.0428. The number of methoxy groups -OCH3 is 3. The van der Waals surface area contributed by atoms with E-state index in [4.69, 9.17) is 19.9 Å². The number of aryl methyl sites for hydroxylation is 1. The first kappa shape index (κ1) is 19.2. The molecule has 130 valence electrons. The third kappa shape index (κ3) is 4.12. The SMILES string of the molecule is COC[C@@](C)(NS(=O)(=O)c1cc(OC)c(OC)cc1C)C(N)=O. The van der Waals surface area contributed by atoms with Crippen molar-refractivity contribution in [2.75, 3.05) is 27.9 Å². The Kier molecular flexibility index (Phi) is 5.98. The van der Waals surface area contributed by atoms with Gasteiger partial charge in [-0.2, -0.15) is 4.72 Å². The summed E-state index contributed by atoms with van der Waals surface area (Å²) in [6.45, 7) is 2.76. The van der Waals surface area contributed by atoms with Crippen LogP contribution in [-0.2, 0) is 19.6 Å². The maximum atomic E-state index is 12.6. The van der Waals surface area contributed by atoms with E-state index in [1.807, 2.05) is 0 Å². The highest BCUT2D eigenvalue weighted by Gasteiger charge is 2.37. The van der Waals surface area contributed by atoms with Crippen LogP contribution in [0.5, 0.6) is 11.5 Å². The van der Waals surface area contributed by atoms with Crippen molar-refractivity contribution in [3.05, 3.63) is 17.7 Å². The molecule has 0 saturated heterocycles. The second-order valence-electron chi connectivity index (χ2n) is 5.21. The molecule has 0 aliphatic carbocycles. The molecule has 0 aliphatic heterocycles. The minimum Gasteiger partial charge on any atom is -0.493 e. The summed E-state index contributed by atoms with van der Waals surface area (Å²) in [7, 11) is 0.154. The van der Waals surface area contributed by atoms with E-state index < -0.39 is 21.5 Å². The zero-order valence-electron chi connectivity index (χ0n) is 13.8. The van der Waals surface area contributed by atoms with Crippen molar-refractivity contribution in [3.63, 3.8) is 0 Å². The fourth-order valence-corrected chi connectivity index (χ4v) is 3.65. The van der Waals surface area contributed by atoms with Gasteiger partial charge in [-0.05, 0) is 25.5 Å². The highest BCUT2D eigenvalue weighted by Crippen LogP contribution is 2.32. The van der Waals surface area contributed by atoms with Crippen molar-refractivity contribution in [3.8, 4) is 11.5 Å². The van der Waals surface area contributed by atoms with E-state index in [2.05, 4.69) is 4.72 Å². The molecule has 0 saturated carbocycles. The van der Waals surface area contributed by atoms with E-state index in [1.165, 1.54) is 40.4 Å². The molecular weight excluding hydrogens is 324 g/mol. The molecule has 0 spiro atoms. The third-order valence-electron chi connectivity index (χ3n) is 3.31. The average Bonchev–Trinajstić information content (AvgIpc) is 2.46. The maximum absolute atomic E-state index is 12.6. The number of hydrogen-bond acceptors (Lipinski definition) is 6. The van der Waals surface area contributed by atoms with Crippen molar-refractivity contribution in [1.82, 2.24) is 4.72 Å². The Balaban J connectivity index is 3.36. The molecule has 23 heavy (non-hydrogen) atoms. The van der Waals surface area contributed by atoms with E-state index in [1.54, 1.807) is 6.92 Å². The molecule has 1 rings (SSSR count). The van der Waals surface area contributed by atoms with Crippen molar-refractivity contribution in [2.45, 2.75) is 24.3 Å². The smallest absolute Gasteiger partial charge is 0.242 e. The molecule has 1 amide bonds. The summed E-state index contributed by atoms with van der Waals surface area (Å²) in [4.78, 5) is 11.6. The van der Waals surface area contributed by atoms with Crippen LogP contribution in [0.3, 0.4) is 0 Å². The summed E-state index contributed by atoms with van der Waals surface area (Å²) in [5, 5.41) is 0. The Hall–Kier alpha value is -1.84. The molecule has 0 heterocycles. The van der Waals surface area contributed by atoms with Gasteiger partial charge in [0.25, 0.3) is 0 Å². The topological polar surface area (TPSA) is 117 Å². The second-order valence-corrected chi connectivity index (χ2v) is 6.86. The lowest BCUT2D eigenvalue weighted by Crippen LogP contribution is -2.58. The molecule has 9 heteroatoms. The molecule has 0 aromatic heterocycles. The molecule has 0 fully saturated rings. The van der Waals surface area contributed by atoms with Gasteiger partial charge in [-0.25, -0.2) is 8.42 Å². The number of nitrogens with two attached hydrogens (primary N) is 1. The van der Waals surface area contributed by atoms with Crippen molar-refractivity contribution in [2.24, 2.45) is 5.73 Å². The van der Waals surface area contributed by atoms with Crippen LogP contribution in [0.4, 0.5) is 0 Å². The Morgan fingerprint density at radius 2 is 1.74 bits per heavy atom. The van der Waals surface area contributed by atoms with Crippen molar-refractivity contribution >= 4 is 15.9 Å². The zero-order chi connectivity index (χ0) is 17.8. The third-order valence-corrected chi connectivity index (χ3v) is 5.05. The van der Waals surface area contributed by atoms with Crippen LogP contribution in [0.15, 0.2) is 17.0 Å². The van der Waals surface area contributed by atoms with Crippen LogP contribution in [-0.4, -0.2) is 47.8 Å². The standard InChI is InChI=1S/C14H22N2O6S/c1-9-6-10(21-4)11(22-5)7-12(9)23(18,19)16-14(2,8-20-3)13(15)17/h6-7,16H,8H2,1-5H3,(H2,15,17)/t14-/m1/s1. The number of hydrogen-bond donors (Lipinski definition) is 2. The van der Waals surface area contributed by atoms with Crippen LogP contribution >= 0.6 is 0 Å². The number of carbonyl (C=O) groups excluding carboxylic acids is 1. The first-order chi connectivity index (χ1) is 10.6. The normalized spacial score (nSPS) is 14.1. The lowest BCUT2D eigenvalue weighted by molar-refractivity contribution is -0.124. The Bertz CT molecular complexity index is 689. The van der Waals surface area contributed by atoms with E-state index >= 15 is 0 Å². The predicted octanol–water partition coefficient (Wildman–Crippen LogP) is 0.181. The number of rotatable bonds is 8. The van der Waals surface area contributed by atoms with Gasteiger partial charge in [0.05, 0.1) is 25.7 Å². The molecule has 1 aromatic rings. The zero-order valence-corrected chi connectivity index (χ0v) is 14.6. The molecular formula is C14H22N2O6S. The molecule has 8 nitrogen and oxygen atoms in total. The molecule has 3 N–H and O–H groups in total. The van der Waals surface area contributed by atoms with E-state index in [9.17, 15) is 13.2 Å². The summed E-state index contributed by atoms with van der Waals surface area (Å²) in [5.74, 6) is -0.189. The molecule has 1 aromatic carbocycles. The molecule has 0 bridgehead atoms. The van der Waals surface area contributed by atoms with Gasteiger partial charge in [-0.3, -0.25) is 4.79 Å². The van der Waals surface area contributed by atoms with Gasteiger partial charge in [0.15, 0.2) is 11.5 Å². The van der Waals surface area contributed by atoms with Crippen LogP contribution in [0.1, 0.15) is 12.5 Å². The Morgan fingerprint density at radius 3 is 2.17 bits per heavy atom. The van der Waals surface area contributed by atoms with Crippen molar-refractivity contribution < 1.29 is 27.4 Å². The van der Waals surface area contributed by atoms with Gasteiger partial charge >= 0.3 is 0 Å². The largest absolute Gasteiger partial charge is 0.493 e. The van der Waals surface area contributed by atoms with Crippen LogP contribution < -0.4 is 19.9 Å². The van der Waals surface area contributed by atoms with Gasteiger partial charge in [0.1, 0.15) is 5.54 Å². The summed E-state index contributed by atoms with van der Waals surface area (Å²) in [5.41, 5.74) is 4.15. The van der Waals surface area contributed by atoms with Crippen LogP contribution in [0, 0.1) is 6.92 Å². The average molecular weight is 346 g/mol. The van der Waals surface area contributed by atoms with E-state index in [-0.39, 0.29) is 17.3 Å². The highest BCUT2D eigenvalue weighted by atomic mass is 32.2. The molecule has 0 aliphatic rings. The van der Waals surface area contributed by atoms with Gasteiger partial charge < -0.3 is 19.9 Å². The number of amides is 1. The number of primary amides is 1. The monoisotopic (exact) mass is 346 g/mol. The maximum Gasteiger partial charge on any atom is 0.242 e. The van der Waals surface area contributed by atoms with Crippen molar-refractivity contribution in [1.29, 1.82) is 0 Å². The fourth-order valence-electron chi connectivity index (χ4n) is 2.04. The number of sulfonamides is 1. The Morgan fingerprint density at radius 1 is 1.22 bits per heavy atom. The molecule has 1 atom stereocenters. The summed E-state index contributed by atoms with van der Waals surface area (Å²) < 4.78 is 42.7. The first-order valence-electron chi connectivity index (χ1n) is 6.66. The fraction of sp³-hybridized carbons (Fsp3) is 0.500. The lowest BCUT2D eigenvalue weighted by atomic mass is 10.1. The molecule has 0 radical (unpaired) electrons. The number of ether oxygens (including phenoxy) is 3. The quantitative estimate of drug-likeness (QED) is 0.693. The van der Waals surface area contributed by atoms with Crippen LogP contribution in [0.2, 0.25) is 0 Å². The summed E-state index contributed by atoms with van der Waals surface area (Å²) in [6.07, 6.45) is 0. The number of nitrogens with one attached hydrogen (secondary N) is 1. The summed E-state index contributed by atoms with van der Waals surface area (Å²) >= 11 is 0. The minimum atomic E-state index is -4.04.